The van der Waals surface area contributed by atoms with E-state index >= 15 is 0 Å². The fraction of sp³-hybridized carbons (Fsp3) is 0.278. The lowest BCUT2D eigenvalue weighted by Gasteiger charge is -2.02. The summed E-state index contributed by atoms with van der Waals surface area (Å²) in [5.41, 5.74) is 3.39. The molecule has 0 fully saturated rings. The van der Waals surface area contributed by atoms with Gasteiger partial charge in [0.15, 0.2) is 17.2 Å². The molecule has 0 bridgehead atoms. The number of aromatic nitrogens is 2. The van der Waals surface area contributed by atoms with E-state index in [2.05, 4.69) is 34.3 Å². The number of aromatic hydroxyl groups is 1. The van der Waals surface area contributed by atoms with Crippen molar-refractivity contribution in [2.75, 3.05) is 0 Å². The number of benzene rings is 1. The lowest BCUT2D eigenvalue weighted by molar-refractivity contribution is 0.477. The highest BCUT2D eigenvalue weighted by molar-refractivity contribution is 5.60. The Balaban J connectivity index is 2.05. The van der Waals surface area contributed by atoms with E-state index < -0.39 is 0 Å². The predicted octanol–water partition coefficient (Wildman–Crippen LogP) is 5.14. The largest absolute Gasteiger partial charge is 0.504 e. The van der Waals surface area contributed by atoms with Crippen LogP contribution in [0.4, 0.5) is 11.5 Å². The van der Waals surface area contributed by atoms with E-state index in [-0.39, 0.29) is 11.7 Å². The molecule has 0 aliphatic carbocycles. The van der Waals surface area contributed by atoms with E-state index in [1.165, 1.54) is 5.56 Å². The predicted molar refractivity (Wildman–Crippen MR) is 90.9 cm³/mol. The summed E-state index contributed by atoms with van der Waals surface area (Å²) in [6.07, 6.45) is 2.84. The van der Waals surface area contributed by atoms with Crippen LogP contribution in [0, 0.1) is 0 Å². The molecule has 118 valence electrons. The molecule has 2 heterocycles. The van der Waals surface area contributed by atoms with E-state index in [0.717, 1.165) is 17.8 Å². The second-order valence-electron chi connectivity index (χ2n) is 5.78. The number of pyridine rings is 1. The van der Waals surface area contributed by atoms with Crippen LogP contribution >= 0.6 is 0 Å². The quantitative estimate of drug-likeness (QED) is 0.678. The van der Waals surface area contributed by atoms with Crippen LogP contribution in [-0.2, 0) is 6.42 Å². The molecule has 0 aliphatic rings. The molecule has 1 aromatic carbocycles. The minimum Gasteiger partial charge on any atom is -0.504 e. The number of nitrogens with zero attached hydrogens (tertiary/aromatic N) is 4. The zero-order chi connectivity index (χ0) is 16.4. The van der Waals surface area contributed by atoms with Gasteiger partial charge in [0.2, 0.25) is 0 Å². The van der Waals surface area contributed by atoms with Gasteiger partial charge in [-0.05, 0) is 42.2 Å². The summed E-state index contributed by atoms with van der Waals surface area (Å²) in [6, 6.07) is 11.4. The average molecular weight is 308 g/mol. The van der Waals surface area contributed by atoms with Crippen molar-refractivity contribution in [1.29, 1.82) is 0 Å². The molecule has 3 aromatic rings. The van der Waals surface area contributed by atoms with Gasteiger partial charge in [-0.15, -0.1) is 10.2 Å². The number of hydrogen-bond donors (Lipinski definition) is 1. The van der Waals surface area contributed by atoms with E-state index in [4.69, 9.17) is 0 Å². The first-order valence-corrected chi connectivity index (χ1v) is 7.80. The summed E-state index contributed by atoms with van der Waals surface area (Å²) >= 11 is 0. The number of rotatable bonds is 4. The van der Waals surface area contributed by atoms with Crippen molar-refractivity contribution in [2.45, 2.75) is 33.1 Å². The van der Waals surface area contributed by atoms with Crippen LogP contribution in [0.2, 0.25) is 0 Å². The van der Waals surface area contributed by atoms with Gasteiger partial charge in [0.1, 0.15) is 0 Å². The molecule has 0 unspecified atom stereocenters. The van der Waals surface area contributed by atoms with E-state index in [9.17, 15) is 5.11 Å². The average Bonchev–Trinajstić information content (AvgIpc) is 2.94. The molecule has 2 aromatic heterocycles. The Morgan fingerprint density at radius 3 is 2.52 bits per heavy atom. The van der Waals surface area contributed by atoms with Crippen molar-refractivity contribution in [3.63, 3.8) is 0 Å². The Kier molecular flexibility index (Phi) is 4.10. The molecule has 23 heavy (non-hydrogen) atoms. The summed E-state index contributed by atoms with van der Waals surface area (Å²) in [4.78, 5) is 4.51. The van der Waals surface area contributed by atoms with Crippen LogP contribution in [0.3, 0.4) is 0 Å². The fourth-order valence-corrected chi connectivity index (χ4v) is 2.45. The summed E-state index contributed by atoms with van der Waals surface area (Å²) in [5, 5.41) is 18.7. The topological polar surface area (TPSA) is 62.2 Å². The third-order valence-electron chi connectivity index (χ3n) is 3.78. The fourth-order valence-electron chi connectivity index (χ4n) is 2.45. The Hall–Kier alpha value is -2.69. The number of azo groups is 1. The zero-order valence-corrected chi connectivity index (χ0v) is 13.6. The summed E-state index contributed by atoms with van der Waals surface area (Å²) in [6.45, 7) is 6.22. The van der Waals surface area contributed by atoms with Crippen LogP contribution in [0.15, 0.2) is 52.8 Å². The van der Waals surface area contributed by atoms with Gasteiger partial charge < -0.3 is 5.11 Å². The van der Waals surface area contributed by atoms with Gasteiger partial charge in [0, 0.05) is 6.20 Å². The van der Waals surface area contributed by atoms with E-state index in [0.29, 0.717) is 11.5 Å². The van der Waals surface area contributed by atoms with Crippen molar-refractivity contribution < 1.29 is 5.11 Å². The third-order valence-corrected chi connectivity index (χ3v) is 3.78. The molecule has 1 N–H and O–H groups in total. The van der Waals surface area contributed by atoms with Crippen molar-refractivity contribution in [2.24, 2.45) is 10.2 Å². The first-order valence-electron chi connectivity index (χ1n) is 7.80. The molecule has 0 atom stereocenters. The maximum Gasteiger partial charge on any atom is 0.183 e. The molecule has 0 amide bonds. The Bertz CT molecular complexity index is 847. The highest BCUT2D eigenvalue weighted by Gasteiger charge is 2.16. The van der Waals surface area contributed by atoms with Crippen LogP contribution in [0.25, 0.3) is 5.65 Å². The molecule has 0 saturated carbocycles. The Labute approximate surface area is 135 Å². The number of imidazole rings is 1. The maximum absolute atomic E-state index is 9.98. The van der Waals surface area contributed by atoms with Crippen molar-refractivity contribution in [1.82, 2.24) is 9.38 Å². The van der Waals surface area contributed by atoms with Crippen LogP contribution in [0.1, 0.15) is 37.9 Å². The number of fused-ring (bicyclic) bond motifs is 1. The SMILES string of the molecule is CCc1ccc(N=Nc2c(C(C)C)nc3c(O)cccn23)cc1. The summed E-state index contributed by atoms with van der Waals surface area (Å²) in [7, 11) is 0. The van der Waals surface area contributed by atoms with Gasteiger partial charge in [0.25, 0.3) is 0 Å². The summed E-state index contributed by atoms with van der Waals surface area (Å²) in [5.74, 6) is 0.985. The minimum atomic E-state index is 0.142. The second kappa shape index (κ2) is 6.20. The van der Waals surface area contributed by atoms with Gasteiger partial charge in [-0.2, -0.15) is 0 Å². The third kappa shape index (κ3) is 2.95. The van der Waals surface area contributed by atoms with Gasteiger partial charge >= 0.3 is 0 Å². The van der Waals surface area contributed by atoms with E-state index in [1.807, 2.05) is 32.2 Å². The Morgan fingerprint density at radius 1 is 1.13 bits per heavy atom. The lowest BCUT2D eigenvalue weighted by Crippen LogP contribution is -1.87. The van der Waals surface area contributed by atoms with Gasteiger partial charge in [0.05, 0.1) is 11.4 Å². The lowest BCUT2D eigenvalue weighted by atomic mass is 10.1. The molecular formula is C18H20N4O. The van der Waals surface area contributed by atoms with E-state index in [1.54, 1.807) is 16.5 Å². The van der Waals surface area contributed by atoms with Crippen LogP contribution < -0.4 is 0 Å². The smallest absolute Gasteiger partial charge is 0.183 e. The molecule has 0 aliphatic heterocycles. The van der Waals surface area contributed by atoms with Crippen molar-refractivity contribution in [3.05, 3.63) is 53.9 Å². The molecule has 5 heteroatoms. The number of aryl methyl sites for hydroxylation is 1. The molecular weight excluding hydrogens is 288 g/mol. The first kappa shape index (κ1) is 15.2. The van der Waals surface area contributed by atoms with Crippen LogP contribution in [0.5, 0.6) is 5.75 Å². The monoisotopic (exact) mass is 308 g/mol. The summed E-state index contributed by atoms with van der Waals surface area (Å²) < 4.78 is 1.77. The first-order chi connectivity index (χ1) is 11.1. The molecule has 5 nitrogen and oxygen atoms in total. The van der Waals surface area contributed by atoms with Gasteiger partial charge in [-0.3, -0.25) is 4.40 Å². The maximum atomic E-state index is 9.98. The molecule has 3 rings (SSSR count). The van der Waals surface area contributed by atoms with Crippen molar-refractivity contribution in [3.8, 4) is 5.75 Å². The van der Waals surface area contributed by atoms with Gasteiger partial charge in [-0.25, -0.2) is 4.98 Å². The molecule has 0 radical (unpaired) electrons. The van der Waals surface area contributed by atoms with Crippen molar-refractivity contribution >= 4 is 17.2 Å². The molecule has 0 saturated heterocycles. The Morgan fingerprint density at radius 2 is 1.87 bits per heavy atom. The van der Waals surface area contributed by atoms with Crippen LogP contribution in [-0.4, -0.2) is 14.5 Å². The second-order valence-corrected chi connectivity index (χ2v) is 5.78. The normalized spacial score (nSPS) is 11.8. The van der Waals surface area contributed by atoms with Gasteiger partial charge in [-0.1, -0.05) is 32.9 Å². The highest BCUT2D eigenvalue weighted by atomic mass is 16.3. The number of hydrogen-bond acceptors (Lipinski definition) is 4. The zero-order valence-electron chi connectivity index (χ0n) is 13.6. The standard InChI is InChI=1S/C18H20N4O/c1-4-13-7-9-14(10-8-13)20-21-18-16(12(2)3)19-17-15(23)6-5-11-22(17)18/h5-12,23H,4H2,1-3H3. The highest BCUT2D eigenvalue weighted by Crippen LogP contribution is 2.32. The molecule has 0 spiro atoms. The minimum absolute atomic E-state index is 0.142.